The fourth-order valence-electron chi connectivity index (χ4n) is 2.59. The molecule has 0 bridgehead atoms. The van der Waals surface area contributed by atoms with Crippen LogP contribution in [0.15, 0.2) is 60.9 Å². The zero-order valence-electron chi connectivity index (χ0n) is 15.6. The minimum Gasteiger partial charge on any atom is -0.348 e. The molecule has 154 valence electrons. The summed E-state index contributed by atoms with van der Waals surface area (Å²) >= 11 is 0. The Bertz CT molecular complexity index is 1040. The molecule has 0 aliphatic rings. The number of aromatic nitrogens is 1. The van der Waals surface area contributed by atoms with Crippen molar-refractivity contribution < 1.29 is 22.8 Å². The SMILES string of the molecule is O=C(NCc1ccncc1)Nc1cccc(CNC(=O)c2cc(F)c(F)c(F)c2)c1. The highest BCUT2D eigenvalue weighted by molar-refractivity contribution is 5.94. The fraction of sp³-hybridized carbons (Fsp3) is 0.0952. The molecule has 0 saturated carbocycles. The summed E-state index contributed by atoms with van der Waals surface area (Å²) in [7, 11) is 0. The molecule has 3 amide bonds. The Kier molecular flexibility index (Phi) is 6.63. The molecular weight excluding hydrogens is 397 g/mol. The van der Waals surface area contributed by atoms with E-state index < -0.39 is 29.4 Å². The van der Waals surface area contributed by atoms with Gasteiger partial charge in [-0.3, -0.25) is 9.78 Å². The van der Waals surface area contributed by atoms with Crippen molar-refractivity contribution in [3.63, 3.8) is 0 Å². The van der Waals surface area contributed by atoms with Gasteiger partial charge >= 0.3 is 6.03 Å². The highest BCUT2D eigenvalue weighted by atomic mass is 19.2. The number of carbonyl (C=O) groups is 2. The number of anilines is 1. The van der Waals surface area contributed by atoms with Crippen LogP contribution in [0.4, 0.5) is 23.7 Å². The Hall–Kier alpha value is -3.88. The van der Waals surface area contributed by atoms with Gasteiger partial charge < -0.3 is 16.0 Å². The summed E-state index contributed by atoms with van der Waals surface area (Å²) in [5, 5.41) is 7.87. The monoisotopic (exact) mass is 414 g/mol. The molecule has 30 heavy (non-hydrogen) atoms. The Morgan fingerprint density at radius 1 is 0.833 bits per heavy atom. The van der Waals surface area contributed by atoms with E-state index in [1.807, 2.05) is 0 Å². The Labute approximate surface area is 170 Å². The lowest BCUT2D eigenvalue weighted by Crippen LogP contribution is -2.28. The number of carbonyl (C=O) groups excluding carboxylic acids is 2. The van der Waals surface area contributed by atoms with E-state index in [1.54, 1.807) is 48.8 Å². The van der Waals surface area contributed by atoms with E-state index in [4.69, 9.17) is 0 Å². The second kappa shape index (κ2) is 9.55. The summed E-state index contributed by atoms with van der Waals surface area (Å²) in [6.07, 6.45) is 3.25. The number of nitrogens with zero attached hydrogens (tertiary/aromatic N) is 1. The Morgan fingerprint density at radius 2 is 1.50 bits per heavy atom. The lowest BCUT2D eigenvalue weighted by Gasteiger charge is -2.10. The van der Waals surface area contributed by atoms with Crippen LogP contribution in [0, 0.1) is 17.5 Å². The maximum Gasteiger partial charge on any atom is 0.319 e. The largest absolute Gasteiger partial charge is 0.348 e. The van der Waals surface area contributed by atoms with Crippen LogP contribution in [-0.2, 0) is 13.1 Å². The third kappa shape index (κ3) is 5.57. The second-order valence-corrected chi connectivity index (χ2v) is 6.30. The van der Waals surface area contributed by atoms with E-state index >= 15 is 0 Å². The number of hydrogen-bond acceptors (Lipinski definition) is 3. The number of urea groups is 1. The van der Waals surface area contributed by atoms with Crippen molar-refractivity contribution in [1.82, 2.24) is 15.6 Å². The van der Waals surface area contributed by atoms with Gasteiger partial charge in [-0.1, -0.05) is 12.1 Å². The van der Waals surface area contributed by atoms with Crippen LogP contribution in [0.5, 0.6) is 0 Å². The maximum absolute atomic E-state index is 13.3. The molecule has 0 saturated heterocycles. The topological polar surface area (TPSA) is 83.1 Å². The van der Waals surface area contributed by atoms with Crippen molar-refractivity contribution in [2.24, 2.45) is 0 Å². The van der Waals surface area contributed by atoms with Crippen LogP contribution < -0.4 is 16.0 Å². The van der Waals surface area contributed by atoms with E-state index in [1.165, 1.54) is 0 Å². The summed E-state index contributed by atoms with van der Waals surface area (Å²) in [6.45, 7) is 0.364. The molecule has 0 spiro atoms. The third-order valence-electron chi connectivity index (χ3n) is 4.09. The molecule has 9 heteroatoms. The molecule has 0 unspecified atom stereocenters. The molecule has 2 aromatic carbocycles. The van der Waals surface area contributed by atoms with Crippen molar-refractivity contribution in [2.75, 3.05) is 5.32 Å². The van der Waals surface area contributed by atoms with Gasteiger partial charge in [-0.05, 0) is 47.5 Å². The molecule has 0 atom stereocenters. The lowest BCUT2D eigenvalue weighted by atomic mass is 10.1. The van der Waals surface area contributed by atoms with Gasteiger partial charge in [0.15, 0.2) is 17.5 Å². The number of amides is 3. The van der Waals surface area contributed by atoms with Crippen molar-refractivity contribution in [3.05, 3.63) is 95.1 Å². The first kappa shape index (κ1) is 20.8. The summed E-state index contributed by atoms with van der Waals surface area (Å²) in [6, 6.07) is 11.1. The number of rotatable bonds is 6. The number of nitrogens with one attached hydrogen (secondary N) is 3. The second-order valence-electron chi connectivity index (χ2n) is 6.30. The molecule has 0 fully saturated rings. The molecule has 3 rings (SSSR count). The van der Waals surface area contributed by atoms with Gasteiger partial charge in [0.25, 0.3) is 5.91 Å². The summed E-state index contributed by atoms with van der Waals surface area (Å²) in [5.41, 5.74) is 1.69. The average molecular weight is 414 g/mol. The summed E-state index contributed by atoms with van der Waals surface area (Å²) in [5.74, 6) is -5.28. The first-order valence-electron chi connectivity index (χ1n) is 8.88. The number of halogens is 3. The van der Waals surface area contributed by atoms with Crippen molar-refractivity contribution in [3.8, 4) is 0 Å². The lowest BCUT2D eigenvalue weighted by molar-refractivity contribution is 0.0949. The van der Waals surface area contributed by atoms with E-state index in [0.717, 1.165) is 5.56 Å². The van der Waals surface area contributed by atoms with Crippen LogP contribution >= 0.6 is 0 Å². The van der Waals surface area contributed by atoms with Gasteiger partial charge in [0.2, 0.25) is 0 Å². The van der Waals surface area contributed by atoms with E-state index in [9.17, 15) is 22.8 Å². The Balaban J connectivity index is 1.55. The van der Waals surface area contributed by atoms with Gasteiger partial charge in [0.1, 0.15) is 0 Å². The predicted octanol–water partition coefficient (Wildman–Crippen LogP) is 3.75. The van der Waals surface area contributed by atoms with E-state index in [2.05, 4.69) is 20.9 Å². The van der Waals surface area contributed by atoms with Gasteiger partial charge in [0, 0.05) is 36.7 Å². The molecule has 3 aromatic rings. The fourth-order valence-corrected chi connectivity index (χ4v) is 2.59. The number of benzene rings is 2. The van der Waals surface area contributed by atoms with Crippen molar-refractivity contribution >= 4 is 17.6 Å². The van der Waals surface area contributed by atoms with Crippen LogP contribution in [0.2, 0.25) is 0 Å². The first-order chi connectivity index (χ1) is 14.4. The number of pyridine rings is 1. The molecule has 6 nitrogen and oxygen atoms in total. The normalized spacial score (nSPS) is 10.4. The minimum absolute atomic E-state index is 0.0353. The third-order valence-corrected chi connectivity index (χ3v) is 4.09. The highest BCUT2D eigenvalue weighted by Crippen LogP contribution is 2.14. The molecular formula is C21H17F3N4O2. The van der Waals surface area contributed by atoms with Gasteiger partial charge in [-0.15, -0.1) is 0 Å². The number of hydrogen-bond donors (Lipinski definition) is 3. The van der Waals surface area contributed by atoms with Crippen molar-refractivity contribution in [1.29, 1.82) is 0 Å². The van der Waals surface area contributed by atoms with E-state index in [0.29, 0.717) is 29.9 Å². The first-order valence-corrected chi connectivity index (χ1v) is 8.88. The average Bonchev–Trinajstić information content (AvgIpc) is 2.75. The molecule has 0 aliphatic heterocycles. The summed E-state index contributed by atoms with van der Waals surface area (Å²) in [4.78, 5) is 28.0. The van der Waals surface area contributed by atoms with Gasteiger partial charge in [-0.25, -0.2) is 18.0 Å². The van der Waals surface area contributed by atoms with Crippen LogP contribution in [0.25, 0.3) is 0 Å². The van der Waals surface area contributed by atoms with Crippen molar-refractivity contribution in [2.45, 2.75) is 13.1 Å². The zero-order chi connectivity index (χ0) is 21.5. The van der Waals surface area contributed by atoms with Crippen LogP contribution in [0.3, 0.4) is 0 Å². The quantitative estimate of drug-likeness (QED) is 0.538. The smallest absolute Gasteiger partial charge is 0.319 e. The molecule has 3 N–H and O–H groups in total. The predicted molar refractivity (Wildman–Crippen MR) is 104 cm³/mol. The molecule has 0 aliphatic carbocycles. The minimum atomic E-state index is -1.63. The summed E-state index contributed by atoms with van der Waals surface area (Å²) < 4.78 is 39.5. The standard InChI is InChI=1S/C21H17F3N4O2/c22-17-9-15(10-18(23)19(17)24)20(29)26-12-14-2-1-3-16(8-14)28-21(30)27-11-13-4-6-25-7-5-13/h1-10H,11-12H2,(H,26,29)(H2,27,28,30). The Morgan fingerprint density at radius 3 is 2.20 bits per heavy atom. The molecule has 0 radical (unpaired) electrons. The molecule has 1 aromatic heterocycles. The maximum atomic E-state index is 13.3. The van der Waals surface area contributed by atoms with Crippen LogP contribution in [0.1, 0.15) is 21.5 Å². The highest BCUT2D eigenvalue weighted by Gasteiger charge is 2.15. The van der Waals surface area contributed by atoms with Gasteiger partial charge in [0.05, 0.1) is 0 Å². The molecule has 1 heterocycles. The van der Waals surface area contributed by atoms with Gasteiger partial charge in [-0.2, -0.15) is 0 Å². The van der Waals surface area contributed by atoms with Crippen LogP contribution in [-0.4, -0.2) is 16.9 Å². The zero-order valence-corrected chi connectivity index (χ0v) is 15.6. The van der Waals surface area contributed by atoms with E-state index in [-0.39, 0.29) is 12.1 Å².